The highest BCUT2D eigenvalue weighted by Crippen LogP contribution is 1.83. The zero-order valence-corrected chi connectivity index (χ0v) is 8.57. The first-order chi connectivity index (χ1) is 6.06. The van der Waals surface area contributed by atoms with Crippen molar-refractivity contribution in [3.05, 3.63) is 0 Å². The maximum absolute atomic E-state index is 10.4. The molecule has 0 aliphatic heterocycles. The van der Waals surface area contributed by atoms with Crippen molar-refractivity contribution in [2.24, 2.45) is 0 Å². The van der Waals surface area contributed by atoms with Crippen LogP contribution in [-0.2, 0) is 14.3 Å². The summed E-state index contributed by atoms with van der Waals surface area (Å²) >= 11 is 0. The second-order valence-electron chi connectivity index (χ2n) is 2.20. The molecule has 3 nitrogen and oxygen atoms in total. The molecule has 0 radical (unpaired) electrons. The van der Waals surface area contributed by atoms with Crippen LogP contribution in [0.2, 0.25) is 0 Å². The van der Waals surface area contributed by atoms with E-state index in [1.165, 1.54) is 0 Å². The summed E-state index contributed by atoms with van der Waals surface area (Å²) in [5.74, 6) is 10.9. The van der Waals surface area contributed by atoms with Gasteiger partial charge in [-0.2, -0.15) is 8.42 Å². The Morgan fingerprint density at radius 1 is 1.15 bits per heavy atom. The van der Waals surface area contributed by atoms with Gasteiger partial charge in [-0.15, -0.1) is 5.92 Å². The molecule has 0 heterocycles. The minimum Gasteiger partial charge on any atom is -0.257 e. The van der Waals surface area contributed by atoms with Crippen LogP contribution in [0, 0.1) is 23.7 Å². The fraction of sp³-hybridized carbons (Fsp3) is 0.556. The topological polar surface area (TPSA) is 43.4 Å². The molecule has 72 valence electrons. The lowest BCUT2D eigenvalue weighted by Gasteiger charge is -1.91. The van der Waals surface area contributed by atoms with Crippen LogP contribution < -0.4 is 0 Å². The standard InChI is InChI=1S/C9H12O3S/c1-3-4-5-6-7-8-9-12-13(2,10)11/h3,6,9H2,1-2H3. The van der Waals surface area contributed by atoms with Gasteiger partial charge < -0.3 is 0 Å². The van der Waals surface area contributed by atoms with Gasteiger partial charge in [-0.1, -0.05) is 24.7 Å². The first kappa shape index (κ1) is 12.0. The van der Waals surface area contributed by atoms with Gasteiger partial charge in [0.15, 0.2) is 0 Å². The molecule has 0 saturated carbocycles. The van der Waals surface area contributed by atoms with E-state index < -0.39 is 10.1 Å². The summed E-state index contributed by atoms with van der Waals surface area (Å²) < 4.78 is 25.3. The van der Waals surface area contributed by atoms with Gasteiger partial charge in [-0.3, -0.25) is 4.18 Å². The molecule has 0 aromatic carbocycles. The van der Waals surface area contributed by atoms with Crippen molar-refractivity contribution >= 4 is 10.1 Å². The second-order valence-corrected chi connectivity index (χ2v) is 3.85. The van der Waals surface area contributed by atoms with Gasteiger partial charge >= 0.3 is 0 Å². The van der Waals surface area contributed by atoms with Crippen molar-refractivity contribution in [2.75, 3.05) is 12.9 Å². The Bertz CT molecular complexity index is 346. The minimum atomic E-state index is -3.36. The summed E-state index contributed by atoms with van der Waals surface area (Å²) in [5, 5.41) is 0. The van der Waals surface area contributed by atoms with E-state index in [0.717, 1.165) is 12.7 Å². The van der Waals surface area contributed by atoms with Crippen molar-refractivity contribution in [1.29, 1.82) is 0 Å². The van der Waals surface area contributed by atoms with Crippen LogP contribution in [-0.4, -0.2) is 21.3 Å². The highest BCUT2D eigenvalue weighted by molar-refractivity contribution is 7.85. The molecule has 0 spiro atoms. The van der Waals surface area contributed by atoms with Crippen molar-refractivity contribution in [3.63, 3.8) is 0 Å². The maximum atomic E-state index is 10.4. The Labute approximate surface area is 79.6 Å². The van der Waals surface area contributed by atoms with Crippen LogP contribution in [0.25, 0.3) is 0 Å². The SMILES string of the molecule is CCC#CCC#CCOS(C)(=O)=O. The first-order valence-corrected chi connectivity index (χ1v) is 5.63. The molecule has 0 aromatic heterocycles. The lowest BCUT2D eigenvalue weighted by molar-refractivity contribution is 0.368. The number of hydrogen-bond donors (Lipinski definition) is 0. The Kier molecular flexibility index (Phi) is 6.05. The van der Waals surface area contributed by atoms with Gasteiger partial charge in [0.1, 0.15) is 6.61 Å². The fourth-order valence-corrected chi connectivity index (χ4v) is 0.755. The molecule has 0 N–H and O–H groups in total. The minimum absolute atomic E-state index is 0.0906. The van der Waals surface area contributed by atoms with Crippen LogP contribution in [0.15, 0.2) is 0 Å². The normalized spacial score (nSPS) is 9.38. The van der Waals surface area contributed by atoms with Crippen molar-refractivity contribution in [3.8, 4) is 23.7 Å². The van der Waals surface area contributed by atoms with Crippen molar-refractivity contribution in [1.82, 2.24) is 0 Å². The monoisotopic (exact) mass is 200 g/mol. The molecule has 0 bridgehead atoms. The van der Waals surface area contributed by atoms with Crippen LogP contribution in [0.5, 0.6) is 0 Å². The zero-order chi connectivity index (χ0) is 10.2. The molecule has 0 saturated heterocycles. The van der Waals surface area contributed by atoms with E-state index in [-0.39, 0.29) is 6.61 Å². The molecule has 4 heteroatoms. The molecular formula is C9H12O3S. The summed E-state index contributed by atoms with van der Waals surface area (Å²) in [6.45, 7) is 1.86. The van der Waals surface area contributed by atoms with E-state index in [9.17, 15) is 8.42 Å². The van der Waals surface area contributed by atoms with Gasteiger partial charge in [-0.05, 0) is 0 Å². The van der Waals surface area contributed by atoms with Crippen LogP contribution in [0.4, 0.5) is 0 Å². The van der Waals surface area contributed by atoms with E-state index in [0.29, 0.717) is 6.42 Å². The largest absolute Gasteiger partial charge is 0.265 e. The van der Waals surface area contributed by atoms with Crippen molar-refractivity contribution < 1.29 is 12.6 Å². The summed E-state index contributed by atoms with van der Waals surface area (Å²) in [6.07, 6.45) is 2.26. The lowest BCUT2D eigenvalue weighted by atomic mass is 10.4. The molecule has 0 rings (SSSR count). The molecule has 0 amide bonds. The quantitative estimate of drug-likeness (QED) is 0.488. The molecule has 13 heavy (non-hydrogen) atoms. The summed E-state index contributed by atoms with van der Waals surface area (Å²) in [7, 11) is -3.36. The Balaban J connectivity index is 3.64. The van der Waals surface area contributed by atoms with E-state index in [1.54, 1.807) is 0 Å². The predicted octanol–water partition coefficient (Wildman–Crippen LogP) is 0.769. The Morgan fingerprint density at radius 2 is 1.77 bits per heavy atom. The van der Waals surface area contributed by atoms with Gasteiger partial charge in [0, 0.05) is 6.42 Å². The van der Waals surface area contributed by atoms with Crippen LogP contribution >= 0.6 is 0 Å². The first-order valence-electron chi connectivity index (χ1n) is 3.82. The van der Waals surface area contributed by atoms with E-state index in [2.05, 4.69) is 27.9 Å². The van der Waals surface area contributed by atoms with Crippen LogP contribution in [0.1, 0.15) is 19.8 Å². The van der Waals surface area contributed by atoms with Crippen molar-refractivity contribution in [2.45, 2.75) is 19.8 Å². The molecule has 0 aliphatic rings. The van der Waals surface area contributed by atoms with E-state index in [4.69, 9.17) is 0 Å². The number of hydrogen-bond acceptors (Lipinski definition) is 3. The highest BCUT2D eigenvalue weighted by atomic mass is 32.2. The van der Waals surface area contributed by atoms with Gasteiger partial charge in [-0.25, -0.2) is 0 Å². The smallest absolute Gasteiger partial charge is 0.257 e. The Morgan fingerprint density at radius 3 is 2.31 bits per heavy atom. The summed E-state index contributed by atoms with van der Waals surface area (Å²) in [6, 6.07) is 0. The molecule has 0 fully saturated rings. The molecule has 0 aliphatic carbocycles. The van der Waals surface area contributed by atoms with Crippen LogP contribution in [0.3, 0.4) is 0 Å². The fourth-order valence-electron chi connectivity index (χ4n) is 0.482. The van der Waals surface area contributed by atoms with E-state index in [1.807, 2.05) is 6.92 Å². The average Bonchev–Trinajstić information content (AvgIpc) is 2.01. The predicted molar refractivity (Wildman–Crippen MR) is 51.3 cm³/mol. The molecule has 0 unspecified atom stereocenters. The Hall–Kier alpha value is -0.970. The van der Waals surface area contributed by atoms with Gasteiger partial charge in [0.25, 0.3) is 10.1 Å². The zero-order valence-electron chi connectivity index (χ0n) is 7.75. The summed E-state index contributed by atoms with van der Waals surface area (Å²) in [5.41, 5.74) is 0. The third kappa shape index (κ3) is 11.0. The van der Waals surface area contributed by atoms with E-state index >= 15 is 0 Å². The van der Waals surface area contributed by atoms with Gasteiger partial charge in [0.2, 0.25) is 0 Å². The maximum Gasteiger partial charge on any atom is 0.265 e. The lowest BCUT2D eigenvalue weighted by Crippen LogP contribution is -2.02. The molecule has 0 aromatic rings. The molecule has 0 atom stereocenters. The second kappa shape index (κ2) is 6.54. The highest BCUT2D eigenvalue weighted by Gasteiger charge is 1.96. The third-order valence-electron chi connectivity index (χ3n) is 0.949. The van der Waals surface area contributed by atoms with Gasteiger partial charge in [0.05, 0.1) is 12.7 Å². The third-order valence-corrected chi connectivity index (χ3v) is 1.49. The average molecular weight is 200 g/mol. The molecular weight excluding hydrogens is 188 g/mol. The summed E-state index contributed by atoms with van der Waals surface area (Å²) in [4.78, 5) is 0. The number of rotatable bonds is 2.